The first-order valence-electron chi connectivity index (χ1n) is 6.34. The molecule has 1 amide bonds. The summed E-state index contributed by atoms with van der Waals surface area (Å²) in [5, 5.41) is 15.9. The van der Waals surface area contributed by atoms with Crippen molar-refractivity contribution >= 4 is 5.91 Å². The van der Waals surface area contributed by atoms with E-state index < -0.39 is 6.10 Å². The molecule has 0 aliphatic rings. The van der Waals surface area contributed by atoms with Crippen molar-refractivity contribution in [2.45, 2.75) is 19.4 Å². The predicted octanol–water partition coefficient (Wildman–Crippen LogP) is 1.51. The van der Waals surface area contributed by atoms with E-state index in [9.17, 15) is 9.18 Å². The second-order valence-electron chi connectivity index (χ2n) is 4.52. The van der Waals surface area contributed by atoms with Gasteiger partial charge in [-0.15, -0.1) is 0 Å². The molecule has 5 nitrogen and oxygen atoms in total. The van der Waals surface area contributed by atoms with Gasteiger partial charge in [-0.25, -0.2) is 9.07 Å². The summed E-state index contributed by atoms with van der Waals surface area (Å²) < 4.78 is 14.3. The minimum absolute atomic E-state index is 0.278. The van der Waals surface area contributed by atoms with Crippen molar-refractivity contribution in [1.29, 1.82) is 0 Å². The van der Waals surface area contributed by atoms with Gasteiger partial charge in [-0.2, -0.15) is 5.10 Å². The second kappa shape index (κ2) is 6.29. The van der Waals surface area contributed by atoms with Crippen LogP contribution in [-0.2, 0) is 0 Å². The maximum absolute atomic E-state index is 12.8. The Labute approximate surface area is 116 Å². The monoisotopic (exact) mass is 277 g/mol. The zero-order valence-corrected chi connectivity index (χ0v) is 11.1. The van der Waals surface area contributed by atoms with Crippen molar-refractivity contribution in [1.82, 2.24) is 15.1 Å². The van der Waals surface area contributed by atoms with Crippen molar-refractivity contribution in [3.63, 3.8) is 0 Å². The molecule has 106 valence electrons. The Bertz CT molecular complexity index is 578. The molecule has 1 aromatic carbocycles. The van der Waals surface area contributed by atoms with Crippen molar-refractivity contribution in [2.75, 3.05) is 6.54 Å². The van der Waals surface area contributed by atoms with Crippen LogP contribution in [0.25, 0.3) is 5.69 Å². The van der Waals surface area contributed by atoms with Crippen LogP contribution >= 0.6 is 0 Å². The standard InChI is InChI=1S/C14H16FN3O2/c1-10(19)6-8-16-14(20)13-7-9-18(17-13)12-4-2-11(15)3-5-12/h2-5,7,9-10,19H,6,8H2,1H3,(H,16,20). The Kier molecular flexibility index (Phi) is 4.47. The molecule has 0 bridgehead atoms. The lowest BCUT2D eigenvalue weighted by atomic mass is 10.3. The molecule has 2 aromatic rings. The van der Waals surface area contributed by atoms with Crippen LogP contribution in [0.2, 0.25) is 0 Å². The Morgan fingerprint density at radius 2 is 2.10 bits per heavy atom. The Hall–Kier alpha value is -2.21. The molecular weight excluding hydrogens is 261 g/mol. The molecule has 0 radical (unpaired) electrons. The van der Waals surface area contributed by atoms with Crippen LogP contribution in [0, 0.1) is 5.82 Å². The second-order valence-corrected chi connectivity index (χ2v) is 4.52. The van der Waals surface area contributed by atoms with E-state index >= 15 is 0 Å². The van der Waals surface area contributed by atoms with Crippen LogP contribution in [0.15, 0.2) is 36.5 Å². The lowest BCUT2D eigenvalue weighted by Gasteiger charge is -2.05. The van der Waals surface area contributed by atoms with Gasteiger partial charge in [0.25, 0.3) is 5.91 Å². The number of aliphatic hydroxyl groups is 1. The number of carbonyl (C=O) groups excluding carboxylic acids is 1. The Morgan fingerprint density at radius 1 is 1.40 bits per heavy atom. The number of amides is 1. The van der Waals surface area contributed by atoms with Gasteiger partial charge in [0.1, 0.15) is 5.82 Å². The number of nitrogens with zero attached hydrogens (tertiary/aromatic N) is 2. The van der Waals surface area contributed by atoms with Gasteiger partial charge in [-0.1, -0.05) is 0 Å². The zero-order valence-electron chi connectivity index (χ0n) is 11.1. The number of hydrogen-bond donors (Lipinski definition) is 2. The average Bonchev–Trinajstić information content (AvgIpc) is 2.88. The van der Waals surface area contributed by atoms with Crippen LogP contribution in [0.5, 0.6) is 0 Å². The van der Waals surface area contributed by atoms with E-state index in [1.165, 1.54) is 16.8 Å². The van der Waals surface area contributed by atoms with Gasteiger partial charge in [-0.05, 0) is 43.7 Å². The van der Waals surface area contributed by atoms with Crippen LogP contribution < -0.4 is 5.32 Å². The highest BCUT2D eigenvalue weighted by atomic mass is 19.1. The van der Waals surface area contributed by atoms with Gasteiger partial charge in [-0.3, -0.25) is 4.79 Å². The highest BCUT2D eigenvalue weighted by Gasteiger charge is 2.10. The topological polar surface area (TPSA) is 67.2 Å². The summed E-state index contributed by atoms with van der Waals surface area (Å²) in [6.45, 7) is 2.05. The Balaban J connectivity index is 2.01. The third kappa shape index (κ3) is 3.64. The number of halogens is 1. The molecule has 1 unspecified atom stereocenters. The molecule has 0 fully saturated rings. The molecule has 6 heteroatoms. The highest BCUT2D eigenvalue weighted by molar-refractivity contribution is 5.92. The van der Waals surface area contributed by atoms with Gasteiger partial charge >= 0.3 is 0 Å². The minimum atomic E-state index is -0.452. The molecule has 2 rings (SSSR count). The smallest absolute Gasteiger partial charge is 0.271 e. The predicted molar refractivity (Wildman–Crippen MR) is 72.2 cm³/mol. The van der Waals surface area contributed by atoms with Crippen molar-refractivity contribution in [3.05, 3.63) is 48.0 Å². The molecule has 0 spiro atoms. The maximum Gasteiger partial charge on any atom is 0.271 e. The first-order chi connectivity index (χ1) is 9.56. The summed E-state index contributed by atoms with van der Waals surface area (Å²) in [5.41, 5.74) is 0.953. The minimum Gasteiger partial charge on any atom is -0.393 e. The van der Waals surface area contributed by atoms with Crippen LogP contribution in [0.4, 0.5) is 4.39 Å². The average molecular weight is 277 g/mol. The number of rotatable bonds is 5. The SMILES string of the molecule is CC(O)CCNC(=O)c1ccn(-c2ccc(F)cc2)n1. The highest BCUT2D eigenvalue weighted by Crippen LogP contribution is 2.08. The quantitative estimate of drug-likeness (QED) is 0.870. The summed E-state index contributed by atoms with van der Waals surface area (Å²) in [4.78, 5) is 11.8. The number of aromatic nitrogens is 2. The molecule has 0 saturated carbocycles. The van der Waals surface area contributed by atoms with Crippen LogP contribution in [0.1, 0.15) is 23.8 Å². The molecule has 0 aliphatic carbocycles. The summed E-state index contributed by atoms with van der Waals surface area (Å²) >= 11 is 0. The van der Waals surface area contributed by atoms with Gasteiger partial charge in [0.15, 0.2) is 5.69 Å². The van der Waals surface area contributed by atoms with Gasteiger partial charge in [0.05, 0.1) is 11.8 Å². The third-order valence-corrected chi connectivity index (χ3v) is 2.76. The van der Waals surface area contributed by atoms with E-state index in [0.717, 1.165) is 0 Å². The van der Waals surface area contributed by atoms with E-state index in [0.29, 0.717) is 18.7 Å². The van der Waals surface area contributed by atoms with E-state index in [1.54, 1.807) is 31.3 Å². The van der Waals surface area contributed by atoms with E-state index in [2.05, 4.69) is 10.4 Å². The maximum atomic E-state index is 12.8. The molecule has 1 heterocycles. The van der Waals surface area contributed by atoms with Crippen molar-refractivity contribution in [2.24, 2.45) is 0 Å². The van der Waals surface area contributed by atoms with E-state index in [1.807, 2.05) is 0 Å². The fraction of sp³-hybridized carbons (Fsp3) is 0.286. The number of aliphatic hydroxyl groups excluding tert-OH is 1. The molecule has 0 aliphatic heterocycles. The molecule has 0 saturated heterocycles. The molecule has 1 atom stereocenters. The summed E-state index contributed by atoms with van der Waals surface area (Å²) in [5.74, 6) is -0.622. The normalized spacial score (nSPS) is 12.2. The number of nitrogens with one attached hydrogen (secondary N) is 1. The molecular formula is C14H16FN3O2. The first kappa shape index (κ1) is 14.2. The summed E-state index contributed by atoms with van der Waals surface area (Å²) in [6, 6.07) is 7.41. The van der Waals surface area contributed by atoms with Crippen molar-refractivity contribution < 1.29 is 14.3 Å². The van der Waals surface area contributed by atoms with Gasteiger partial charge < -0.3 is 10.4 Å². The van der Waals surface area contributed by atoms with Gasteiger partial charge in [0.2, 0.25) is 0 Å². The van der Waals surface area contributed by atoms with Crippen LogP contribution in [0.3, 0.4) is 0 Å². The van der Waals surface area contributed by atoms with Gasteiger partial charge in [0, 0.05) is 12.7 Å². The lowest BCUT2D eigenvalue weighted by molar-refractivity contribution is 0.0940. The molecule has 20 heavy (non-hydrogen) atoms. The number of benzene rings is 1. The summed E-state index contributed by atoms with van der Waals surface area (Å²) in [7, 11) is 0. The summed E-state index contributed by atoms with van der Waals surface area (Å²) in [6.07, 6.45) is 1.67. The fourth-order valence-electron chi connectivity index (χ4n) is 1.67. The lowest BCUT2D eigenvalue weighted by Crippen LogP contribution is -2.27. The molecule has 2 N–H and O–H groups in total. The Morgan fingerprint density at radius 3 is 2.75 bits per heavy atom. The van der Waals surface area contributed by atoms with E-state index in [-0.39, 0.29) is 17.4 Å². The van der Waals surface area contributed by atoms with Crippen molar-refractivity contribution in [3.8, 4) is 5.69 Å². The first-order valence-corrected chi connectivity index (χ1v) is 6.34. The van der Waals surface area contributed by atoms with Crippen LogP contribution in [-0.4, -0.2) is 33.4 Å². The third-order valence-electron chi connectivity index (χ3n) is 2.76. The largest absolute Gasteiger partial charge is 0.393 e. The van der Waals surface area contributed by atoms with E-state index in [4.69, 9.17) is 5.11 Å². The zero-order chi connectivity index (χ0) is 14.5. The fourth-order valence-corrected chi connectivity index (χ4v) is 1.67. The number of hydrogen-bond acceptors (Lipinski definition) is 3. The number of carbonyl (C=O) groups is 1. The molecule has 1 aromatic heterocycles.